The molecule has 0 aliphatic carbocycles. The highest BCUT2D eigenvalue weighted by molar-refractivity contribution is 5.93. The van der Waals surface area contributed by atoms with Crippen molar-refractivity contribution in [2.75, 3.05) is 49.5 Å². The maximum atomic E-state index is 13.1. The molecule has 2 aliphatic rings. The van der Waals surface area contributed by atoms with Crippen molar-refractivity contribution in [2.45, 2.75) is 32.0 Å². The molecule has 0 aromatic heterocycles. The summed E-state index contributed by atoms with van der Waals surface area (Å²) >= 11 is 0. The number of anilines is 2. The lowest BCUT2D eigenvalue weighted by atomic mass is 9.96. The lowest BCUT2D eigenvalue weighted by Gasteiger charge is -2.39. The van der Waals surface area contributed by atoms with Crippen molar-refractivity contribution in [1.82, 2.24) is 9.80 Å². The molecule has 2 aromatic rings. The Labute approximate surface area is 197 Å². The fourth-order valence-electron chi connectivity index (χ4n) is 4.63. The van der Waals surface area contributed by atoms with Gasteiger partial charge < -0.3 is 15.1 Å². The van der Waals surface area contributed by atoms with Crippen LogP contribution in [-0.2, 0) is 22.2 Å². The number of nitrogens with zero attached hydrogens (tertiary/aromatic N) is 3. The van der Waals surface area contributed by atoms with E-state index < -0.39 is 17.6 Å². The van der Waals surface area contributed by atoms with E-state index in [9.17, 15) is 22.8 Å². The van der Waals surface area contributed by atoms with E-state index in [1.807, 2.05) is 17.0 Å². The second-order valence-electron chi connectivity index (χ2n) is 8.89. The maximum Gasteiger partial charge on any atom is 0.418 e. The molecule has 1 fully saturated rings. The van der Waals surface area contributed by atoms with Crippen molar-refractivity contribution >= 4 is 23.2 Å². The number of hydrogen-bond donors (Lipinski definition) is 1. The summed E-state index contributed by atoms with van der Waals surface area (Å²) in [6.45, 7) is 4.37. The van der Waals surface area contributed by atoms with Gasteiger partial charge in [-0.15, -0.1) is 0 Å². The van der Waals surface area contributed by atoms with E-state index in [1.165, 1.54) is 23.8 Å². The number of piperazine rings is 1. The van der Waals surface area contributed by atoms with Gasteiger partial charge in [0.1, 0.15) is 0 Å². The van der Waals surface area contributed by atoms with Crippen LogP contribution in [0.3, 0.4) is 0 Å². The number of nitrogens with one attached hydrogen (secondary N) is 1. The van der Waals surface area contributed by atoms with Crippen LogP contribution in [0.5, 0.6) is 0 Å². The minimum Gasteiger partial charge on any atom is -0.359 e. The average molecular weight is 475 g/mol. The van der Waals surface area contributed by atoms with E-state index in [2.05, 4.69) is 29.3 Å². The van der Waals surface area contributed by atoms with Crippen molar-refractivity contribution in [3.63, 3.8) is 0 Å². The Morgan fingerprint density at radius 2 is 1.65 bits per heavy atom. The average Bonchev–Trinajstić information content (AvgIpc) is 2.81. The van der Waals surface area contributed by atoms with Crippen LogP contribution in [0.2, 0.25) is 0 Å². The monoisotopic (exact) mass is 474 g/mol. The predicted molar refractivity (Wildman–Crippen MR) is 125 cm³/mol. The molecule has 1 N–H and O–H groups in total. The SMILES string of the molecule is C[C@@H]1CCc2ccccc2N1CC(=O)N1CCN(CC(=O)Nc2ccccc2C(F)(F)F)CC1. The number of para-hydroxylation sites is 2. The molecule has 182 valence electrons. The minimum atomic E-state index is -4.54. The lowest BCUT2D eigenvalue weighted by Crippen LogP contribution is -2.53. The molecule has 1 atom stereocenters. The number of amides is 2. The van der Waals surface area contributed by atoms with Gasteiger partial charge in [0.05, 0.1) is 24.3 Å². The van der Waals surface area contributed by atoms with Gasteiger partial charge in [0.2, 0.25) is 11.8 Å². The third-order valence-corrected chi connectivity index (χ3v) is 6.57. The second kappa shape index (κ2) is 10.0. The molecule has 0 radical (unpaired) electrons. The first-order valence-corrected chi connectivity index (χ1v) is 11.5. The first-order valence-electron chi connectivity index (χ1n) is 11.5. The van der Waals surface area contributed by atoms with E-state index in [0.29, 0.717) is 32.7 Å². The zero-order valence-corrected chi connectivity index (χ0v) is 19.1. The summed E-state index contributed by atoms with van der Waals surface area (Å²) in [5.41, 5.74) is 1.26. The third kappa shape index (κ3) is 5.52. The summed E-state index contributed by atoms with van der Waals surface area (Å²) in [4.78, 5) is 31.2. The van der Waals surface area contributed by atoms with Crippen LogP contribution in [0.25, 0.3) is 0 Å². The Morgan fingerprint density at radius 1 is 0.971 bits per heavy atom. The summed E-state index contributed by atoms with van der Waals surface area (Å²) in [5.74, 6) is -0.456. The molecule has 0 saturated carbocycles. The second-order valence-corrected chi connectivity index (χ2v) is 8.89. The standard InChI is InChI=1S/C25H29F3N4O2/c1-18-10-11-19-6-2-5-9-22(19)32(18)17-24(34)31-14-12-30(13-15-31)16-23(33)29-21-8-4-3-7-20(21)25(26,27)28/h2-9,18H,10-17H2,1H3,(H,29,33)/t18-/m1/s1. The highest BCUT2D eigenvalue weighted by atomic mass is 19.4. The Kier molecular flexibility index (Phi) is 7.11. The number of halogens is 3. The van der Waals surface area contributed by atoms with Gasteiger partial charge >= 0.3 is 6.18 Å². The van der Waals surface area contributed by atoms with Gasteiger partial charge in [-0.25, -0.2) is 0 Å². The van der Waals surface area contributed by atoms with Crippen LogP contribution in [-0.4, -0.2) is 66.9 Å². The number of rotatable bonds is 5. The highest BCUT2D eigenvalue weighted by Crippen LogP contribution is 2.34. The number of benzene rings is 2. The van der Waals surface area contributed by atoms with E-state index in [1.54, 1.807) is 4.90 Å². The molecule has 0 spiro atoms. The summed E-state index contributed by atoms with van der Waals surface area (Å²) in [7, 11) is 0. The number of carbonyl (C=O) groups is 2. The van der Waals surface area contributed by atoms with Crippen LogP contribution in [0.15, 0.2) is 48.5 Å². The number of carbonyl (C=O) groups excluding carboxylic acids is 2. The van der Waals surface area contributed by atoms with Gasteiger partial charge in [-0.05, 0) is 43.5 Å². The molecule has 4 rings (SSSR count). The number of hydrogen-bond acceptors (Lipinski definition) is 4. The summed E-state index contributed by atoms with van der Waals surface area (Å²) < 4.78 is 39.4. The van der Waals surface area contributed by atoms with E-state index in [0.717, 1.165) is 24.6 Å². The van der Waals surface area contributed by atoms with Crippen molar-refractivity contribution in [1.29, 1.82) is 0 Å². The molecule has 34 heavy (non-hydrogen) atoms. The molecular weight excluding hydrogens is 445 g/mol. The summed E-state index contributed by atoms with van der Waals surface area (Å²) in [5, 5.41) is 2.38. The van der Waals surface area contributed by atoms with Crippen LogP contribution < -0.4 is 10.2 Å². The van der Waals surface area contributed by atoms with E-state index in [4.69, 9.17) is 0 Å². The molecule has 2 amide bonds. The largest absolute Gasteiger partial charge is 0.418 e. The Bertz CT molecular complexity index is 1030. The maximum absolute atomic E-state index is 13.1. The van der Waals surface area contributed by atoms with Gasteiger partial charge in [-0.3, -0.25) is 14.5 Å². The molecule has 2 aliphatic heterocycles. The Hall–Kier alpha value is -3.07. The van der Waals surface area contributed by atoms with Crippen molar-refractivity contribution < 1.29 is 22.8 Å². The van der Waals surface area contributed by atoms with Crippen LogP contribution in [0.1, 0.15) is 24.5 Å². The number of alkyl halides is 3. The van der Waals surface area contributed by atoms with Crippen molar-refractivity contribution in [3.8, 4) is 0 Å². The minimum absolute atomic E-state index is 0.0231. The van der Waals surface area contributed by atoms with Gasteiger partial charge in [0, 0.05) is 37.9 Å². The Balaban J connectivity index is 1.29. The molecule has 2 heterocycles. The van der Waals surface area contributed by atoms with Gasteiger partial charge in [-0.1, -0.05) is 30.3 Å². The Morgan fingerprint density at radius 3 is 2.38 bits per heavy atom. The molecule has 0 bridgehead atoms. The van der Waals surface area contributed by atoms with Crippen molar-refractivity contribution in [3.05, 3.63) is 59.7 Å². The molecule has 1 saturated heterocycles. The first-order chi connectivity index (χ1) is 16.2. The molecule has 0 unspecified atom stereocenters. The predicted octanol–water partition coefficient (Wildman–Crippen LogP) is 3.63. The smallest absolute Gasteiger partial charge is 0.359 e. The van der Waals surface area contributed by atoms with Crippen molar-refractivity contribution in [2.24, 2.45) is 0 Å². The zero-order valence-electron chi connectivity index (χ0n) is 19.1. The van der Waals surface area contributed by atoms with Gasteiger partial charge in [-0.2, -0.15) is 13.2 Å². The fraction of sp³-hybridized carbons (Fsp3) is 0.440. The molecular formula is C25H29F3N4O2. The summed E-state index contributed by atoms with van der Waals surface area (Å²) in [6, 6.07) is 13.4. The quantitative estimate of drug-likeness (QED) is 0.719. The fourth-order valence-corrected chi connectivity index (χ4v) is 4.63. The molecule has 9 heteroatoms. The lowest BCUT2D eigenvalue weighted by molar-refractivity contribution is -0.137. The zero-order chi connectivity index (χ0) is 24.3. The van der Waals surface area contributed by atoms with Crippen LogP contribution in [0, 0.1) is 0 Å². The highest BCUT2D eigenvalue weighted by Gasteiger charge is 2.34. The third-order valence-electron chi connectivity index (χ3n) is 6.57. The number of fused-ring (bicyclic) bond motifs is 1. The topological polar surface area (TPSA) is 55.9 Å². The van der Waals surface area contributed by atoms with E-state index in [-0.39, 0.29) is 24.2 Å². The molecule has 6 nitrogen and oxygen atoms in total. The molecule has 2 aromatic carbocycles. The van der Waals surface area contributed by atoms with E-state index >= 15 is 0 Å². The normalized spacial score (nSPS) is 19.0. The van der Waals surface area contributed by atoms with Crippen LogP contribution in [0.4, 0.5) is 24.5 Å². The van der Waals surface area contributed by atoms with Gasteiger partial charge in [0.15, 0.2) is 0 Å². The van der Waals surface area contributed by atoms with Crippen LogP contribution >= 0.6 is 0 Å². The van der Waals surface area contributed by atoms with Gasteiger partial charge in [0.25, 0.3) is 0 Å². The summed E-state index contributed by atoms with van der Waals surface area (Å²) in [6.07, 6.45) is -2.52. The number of aryl methyl sites for hydroxylation is 1. The first kappa shape index (κ1) is 24.1.